The number of aromatic nitrogens is 1. The van der Waals surface area contributed by atoms with Gasteiger partial charge in [0.1, 0.15) is 6.07 Å². The Hall–Kier alpha value is -1.56. The van der Waals surface area contributed by atoms with Crippen LogP contribution in [0.25, 0.3) is 0 Å². The minimum atomic E-state index is 0.493. The van der Waals surface area contributed by atoms with E-state index in [4.69, 9.17) is 0 Å². The van der Waals surface area contributed by atoms with Gasteiger partial charge in [0.2, 0.25) is 0 Å². The van der Waals surface area contributed by atoms with Gasteiger partial charge in [0.05, 0.1) is 16.9 Å². The lowest BCUT2D eigenvalue weighted by Crippen LogP contribution is -2.16. The predicted octanol–water partition coefficient (Wildman–Crippen LogP) is 3.56. The van der Waals surface area contributed by atoms with E-state index in [0.29, 0.717) is 11.0 Å². The van der Waals surface area contributed by atoms with Gasteiger partial charge in [-0.1, -0.05) is 13.3 Å². The van der Waals surface area contributed by atoms with Crippen LogP contribution in [0.15, 0.2) is 6.07 Å². The van der Waals surface area contributed by atoms with Gasteiger partial charge in [0, 0.05) is 12.2 Å². The van der Waals surface area contributed by atoms with Crippen molar-refractivity contribution in [2.24, 2.45) is 5.41 Å². The summed E-state index contributed by atoms with van der Waals surface area (Å²) >= 11 is 0. The molecule has 0 unspecified atom stereocenters. The number of hydrogen-bond acceptors (Lipinski definition) is 3. The first-order valence-electron chi connectivity index (χ1n) is 6.72. The molecule has 1 heterocycles. The van der Waals surface area contributed by atoms with Crippen LogP contribution in [0.1, 0.15) is 49.6 Å². The summed E-state index contributed by atoms with van der Waals surface area (Å²) in [5.41, 5.74) is 3.92. The third-order valence-corrected chi connectivity index (χ3v) is 3.83. The largest absolute Gasteiger partial charge is 0.383 e. The van der Waals surface area contributed by atoms with Crippen LogP contribution in [0.2, 0.25) is 0 Å². The summed E-state index contributed by atoms with van der Waals surface area (Å²) in [5.74, 6) is 0. The predicted molar refractivity (Wildman–Crippen MR) is 73.5 cm³/mol. The number of aryl methyl sites for hydroxylation is 2. The second-order valence-corrected chi connectivity index (χ2v) is 5.49. The maximum atomic E-state index is 9.21. The first kappa shape index (κ1) is 12.9. The van der Waals surface area contributed by atoms with Gasteiger partial charge in [0.25, 0.3) is 0 Å². The van der Waals surface area contributed by atoms with E-state index in [9.17, 15) is 5.26 Å². The molecule has 1 aromatic rings. The smallest absolute Gasteiger partial charge is 0.103 e. The zero-order chi connectivity index (χ0) is 13.2. The van der Waals surface area contributed by atoms with Gasteiger partial charge in [-0.2, -0.15) is 5.26 Å². The van der Waals surface area contributed by atoms with Gasteiger partial charge in [-0.3, -0.25) is 4.98 Å². The molecule has 0 amide bonds. The number of nitrogens with zero attached hydrogens (tertiary/aromatic N) is 2. The van der Waals surface area contributed by atoms with Gasteiger partial charge in [0.15, 0.2) is 0 Å². The Balaban J connectivity index is 2.12. The SMILES string of the molecule is CCCC1(CNc2cc(C)nc(C)c2C#N)CC1. The van der Waals surface area contributed by atoms with Crippen molar-refractivity contribution >= 4 is 5.69 Å². The standard InChI is InChI=1S/C15H21N3/c1-4-5-15(6-7-15)10-17-14-8-11(2)18-12(3)13(14)9-16/h8H,4-7,10H2,1-3H3,(H,17,18). The van der Waals surface area contributed by atoms with Gasteiger partial charge in [-0.05, 0) is 44.6 Å². The third-order valence-electron chi connectivity index (χ3n) is 3.83. The Morgan fingerprint density at radius 3 is 2.72 bits per heavy atom. The van der Waals surface area contributed by atoms with Crippen LogP contribution >= 0.6 is 0 Å². The maximum Gasteiger partial charge on any atom is 0.103 e. The number of anilines is 1. The summed E-state index contributed by atoms with van der Waals surface area (Å²) in [7, 11) is 0. The van der Waals surface area contributed by atoms with Crippen molar-refractivity contribution in [2.75, 3.05) is 11.9 Å². The fourth-order valence-electron chi connectivity index (χ4n) is 2.61. The molecule has 0 radical (unpaired) electrons. The Morgan fingerprint density at radius 2 is 2.17 bits per heavy atom. The van der Waals surface area contributed by atoms with Gasteiger partial charge < -0.3 is 5.32 Å². The van der Waals surface area contributed by atoms with Crippen molar-refractivity contribution in [2.45, 2.75) is 46.5 Å². The van der Waals surface area contributed by atoms with E-state index in [1.165, 1.54) is 25.7 Å². The molecule has 18 heavy (non-hydrogen) atoms. The first-order valence-corrected chi connectivity index (χ1v) is 6.72. The van der Waals surface area contributed by atoms with Crippen molar-refractivity contribution in [3.05, 3.63) is 23.0 Å². The highest BCUT2D eigenvalue weighted by atomic mass is 14.9. The van der Waals surface area contributed by atoms with Crippen LogP contribution in [0, 0.1) is 30.6 Å². The van der Waals surface area contributed by atoms with Crippen LogP contribution in [-0.2, 0) is 0 Å². The highest BCUT2D eigenvalue weighted by molar-refractivity contribution is 5.60. The Morgan fingerprint density at radius 1 is 1.44 bits per heavy atom. The van der Waals surface area contributed by atoms with Gasteiger partial charge >= 0.3 is 0 Å². The lowest BCUT2D eigenvalue weighted by atomic mass is 10.0. The quantitative estimate of drug-likeness (QED) is 0.860. The second kappa shape index (κ2) is 4.97. The minimum absolute atomic E-state index is 0.493. The van der Waals surface area contributed by atoms with Crippen LogP contribution in [0.4, 0.5) is 5.69 Å². The maximum absolute atomic E-state index is 9.21. The van der Waals surface area contributed by atoms with Crippen LogP contribution in [0.3, 0.4) is 0 Å². The number of hydrogen-bond donors (Lipinski definition) is 1. The zero-order valence-electron chi connectivity index (χ0n) is 11.5. The molecule has 1 saturated carbocycles. The van der Waals surface area contributed by atoms with Crippen molar-refractivity contribution in [3.8, 4) is 6.07 Å². The summed E-state index contributed by atoms with van der Waals surface area (Å²) in [4.78, 5) is 4.34. The summed E-state index contributed by atoms with van der Waals surface area (Å²) in [6, 6.07) is 4.23. The fraction of sp³-hybridized carbons (Fsp3) is 0.600. The molecule has 96 valence electrons. The van der Waals surface area contributed by atoms with Crippen LogP contribution in [0.5, 0.6) is 0 Å². The monoisotopic (exact) mass is 243 g/mol. The molecule has 0 aromatic carbocycles. The van der Waals surface area contributed by atoms with Crippen molar-refractivity contribution in [3.63, 3.8) is 0 Å². The van der Waals surface area contributed by atoms with Crippen LogP contribution < -0.4 is 5.32 Å². The molecule has 0 bridgehead atoms. The molecule has 3 heteroatoms. The molecule has 1 aliphatic carbocycles. The molecule has 1 aliphatic rings. The van der Waals surface area contributed by atoms with Crippen molar-refractivity contribution < 1.29 is 0 Å². The second-order valence-electron chi connectivity index (χ2n) is 5.49. The van der Waals surface area contributed by atoms with E-state index in [2.05, 4.69) is 23.3 Å². The molecular weight excluding hydrogens is 222 g/mol. The highest BCUT2D eigenvalue weighted by Crippen LogP contribution is 2.49. The summed E-state index contributed by atoms with van der Waals surface area (Å²) < 4.78 is 0. The molecule has 0 spiro atoms. The van der Waals surface area contributed by atoms with Gasteiger partial charge in [-0.15, -0.1) is 0 Å². The Bertz CT molecular complexity index is 481. The average molecular weight is 243 g/mol. The van der Waals surface area contributed by atoms with E-state index in [-0.39, 0.29) is 0 Å². The normalized spacial score (nSPS) is 16.1. The summed E-state index contributed by atoms with van der Waals surface area (Å²) in [5, 5.41) is 12.7. The Labute approximate surface area is 109 Å². The molecule has 1 N–H and O–H groups in total. The van der Waals surface area contributed by atoms with Crippen molar-refractivity contribution in [1.29, 1.82) is 5.26 Å². The van der Waals surface area contributed by atoms with E-state index >= 15 is 0 Å². The topological polar surface area (TPSA) is 48.7 Å². The van der Waals surface area contributed by atoms with E-state index in [0.717, 1.165) is 23.6 Å². The summed E-state index contributed by atoms with van der Waals surface area (Å²) in [6.07, 6.45) is 5.16. The summed E-state index contributed by atoms with van der Waals surface area (Å²) in [6.45, 7) is 7.09. The first-order chi connectivity index (χ1) is 8.60. The fourth-order valence-corrected chi connectivity index (χ4v) is 2.61. The number of rotatable bonds is 5. The number of pyridine rings is 1. The lowest BCUT2D eigenvalue weighted by molar-refractivity contribution is 0.485. The van der Waals surface area contributed by atoms with Crippen molar-refractivity contribution in [1.82, 2.24) is 4.98 Å². The zero-order valence-corrected chi connectivity index (χ0v) is 11.5. The van der Waals surface area contributed by atoms with E-state index < -0.39 is 0 Å². The van der Waals surface area contributed by atoms with E-state index in [1.54, 1.807) is 0 Å². The van der Waals surface area contributed by atoms with Crippen LogP contribution in [-0.4, -0.2) is 11.5 Å². The molecule has 3 nitrogen and oxygen atoms in total. The molecule has 0 saturated heterocycles. The lowest BCUT2D eigenvalue weighted by Gasteiger charge is -2.17. The molecule has 0 atom stereocenters. The van der Waals surface area contributed by atoms with E-state index in [1.807, 2.05) is 19.9 Å². The van der Waals surface area contributed by atoms with Gasteiger partial charge in [-0.25, -0.2) is 0 Å². The average Bonchev–Trinajstić information content (AvgIpc) is 3.07. The molecular formula is C15H21N3. The molecule has 1 fully saturated rings. The number of nitrogens with one attached hydrogen (secondary N) is 1. The molecule has 2 rings (SSSR count). The Kier molecular flexibility index (Phi) is 3.56. The minimum Gasteiger partial charge on any atom is -0.383 e. The number of nitriles is 1. The molecule has 0 aliphatic heterocycles. The highest BCUT2D eigenvalue weighted by Gasteiger charge is 2.41. The molecule has 1 aromatic heterocycles. The third kappa shape index (κ3) is 2.64.